The van der Waals surface area contributed by atoms with Crippen LogP contribution in [0.5, 0.6) is 0 Å². The van der Waals surface area contributed by atoms with E-state index in [2.05, 4.69) is 25.7 Å². The van der Waals surface area contributed by atoms with E-state index < -0.39 is 0 Å². The van der Waals surface area contributed by atoms with Crippen LogP contribution in [0, 0.1) is 17.8 Å². The van der Waals surface area contributed by atoms with Crippen molar-refractivity contribution in [2.24, 2.45) is 5.92 Å². The SMILES string of the molecule is COCC#C[C@H](CC(C)C)N(O)[C@H](COCc1ccccc1)c1ccccc1. The smallest absolute Gasteiger partial charge is 0.107 e. The lowest BCUT2D eigenvalue weighted by atomic mass is 10.0. The van der Waals surface area contributed by atoms with Gasteiger partial charge >= 0.3 is 0 Å². The van der Waals surface area contributed by atoms with Gasteiger partial charge in [0.15, 0.2) is 0 Å². The first kappa shape index (κ1) is 22.1. The summed E-state index contributed by atoms with van der Waals surface area (Å²) in [6.45, 7) is 5.48. The van der Waals surface area contributed by atoms with Crippen molar-refractivity contribution in [3.05, 3.63) is 71.8 Å². The van der Waals surface area contributed by atoms with Gasteiger partial charge in [0.25, 0.3) is 0 Å². The lowest BCUT2D eigenvalue weighted by molar-refractivity contribution is -0.166. The highest BCUT2D eigenvalue weighted by Gasteiger charge is 2.26. The van der Waals surface area contributed by atoms with Crippen LogP contribution in [0.25, 0.3) is 0 Å². The largest absolute Gasteiger partial charge is 0.375 e. The molecule has 0 aliphatic carbocycles. The topological polar surface area (TPSA) is 41.9 Å². The number of benzene rings is 2. The number of ether oxygens (including phenoxy) is 2. The zero-order valence-corrected chi connectivity index (χ0v) is 17.0. The van der Waals surface area contributed by atoms with E-state index >= 15 is 0 Å². The van der Waals surface area contributed by atoms with Crippen LogP contribution in [0.3, 0.4) is 0 Å². The molecule has 4 heteroatoms. The molecule has 0 fully saturated rings. The molecule has 0 bridgehead atoms. The van der Waals surface area contributed by atoms with Crippen LogP contribution >= 0.6 is 0 Å². The summed E-state index contributed by atoms with van der Waals surface area (Å²) in [5.41, 5.74) is 2.11. The molecule has 0 saturated heterocycles. The van der Waals surface area contributed by atoms with Gasteiger partial charge in [0.05, 0.1) is 25.3 Å². The molecule has 2 aromatic rings. The van der Waals surface area contributed by atoms with Gasteiger partial charge in [0, 0.05) is 7.11 Å². The van der Waals surface area contributed by atoms with Crippen LogP contribution in [-0.2, 0) is 16.1 Å². The second-order valence-electron chi connectivity index (χ2n) is 7.21. The van der Waals surface area contributed by atoms with Crippen molar-refractivity contribution in [3.63, 3.8) is 0 Å². The van der Waals surface area contributed by atoms with Crippen molar-refractivity contribution in [1.82, 2.24) is 5.06 Å². The third kappa shape index (κ3) is 7.46. The minimum absolute atomic E-state index is 0.291. The van der Waals surface area contributed by atoms with Crippen LogP contribution < -0.4 is 0 Å². The minimum atomic E-state index is -0.300. The van der Waals surface area contributed by atoms with Gasteiger partial charge in [-0.3, -0.25) is 0 Å². The number of methoxy groups -OCH3 is 1. The predicted molar refractivity (Wildman–Crippen MR) is 112 cm³/mol. The summed E-state index contributed by atoms with van der Waals surface area (Å²) in [7, 11) is 1.62. The van der Waals surface area contributed by atoms with Crippen molar-refractivity contribution >= 4 is 0 Å². The Morgan fingerprint density at radius 2 is 1.64 bits per heavy atom. The number of hydroxylamine groups is 2. The normalized spacial score (nSPS) is 13.2. The third-order valence-corrected chi connectivity index (χ3v) is 4.39. The molecular formula is C24H31NO3. The number of hydrogen-bond donors (Lipinski definition) is 1. The van der Waals surface area contributed by atoms with Crippen LogP contribution in [0.1, 0.15) is 37.4 Å². The molecule has 0 aliphatic rings. The summed E-state index contributed by atoms with van der Waals surface area (Å²) < 4.78 is 11.0. The highest BCUT2D eigenvalue weighted by Crippen LogP contribution is 2.24. The summed E-state index contributed by atoms with van der Waals surface area (Å²) in [5, 5.41) is 12.4. The summed E-state index contributed by atoms with van der Waals surface area (Å²) in [5.74, 6) is 6.55. The fourth-order valence-corrected chi connectivity index (χ4v) is 2.99. The molecule has 1 N–H and O–H groups in total. The van der Waals surface area contributed by atoms with Crippen molar-refractivity contribution in [2.45, 2.75) is 39.0 Å². The molecule has 2 aromatic carbocycles. The van der Waals surface area contributed by atoms with Crippen molar-refractivity contribution in [1.29, 1.82) is 0 Å². The second-order valence-corrected chi connectivity index (χ2v) is 7.21. The minimum Gasteiger partial charge on any atom is -0.375 e. The Balaban J connectivity index is 2.15. The zero-order valence-electron chi connectivity index (χ0n) is 17.0. The molecule has 0 saturated carbocycles. The molecule has 4 nitrogen and oxygen atoms in total. The number of hydrogen-bond acceptors (Lipinski definition) is 4. The average Bonchev–Trinajstić information content (AvgIpc) is 2.71. The first-order valence-electron chi connectivity index (χ1n) is 9.73. The number of nitrogens with zero attached hydrogens (tertiary/aromatic N) is 1. The molecule has 2 rings (SSSR count). The van der Waals surface area contributed by atoms with E-state index in [1.165, 1.54) is 5.06 Å². The van der Waals surface area contributed by atoms with Crippen LogP contribution in [-0.4, -0.2) is 36.6 Å². The molecule has 0 spiro atoms. The van der Waals surface area contributed by atoms with Crippen LogP contribution in [0.4, 0.5) is 0 Å². The molecule has 0 amide bonds. The lowest BCUT2D eigenvalue weighted by Gasteiger charge is -2.31. The fourth-order valence-electron chi connectivity index (χ4n) is 2.99. The first-order valence-corrected chi connectivity index (χ1v) is 9.73. The third-order valence-electron chi connectivity index (χ3n) is 4.39. The summed E-state index contributed by atoms with van der Waals surface area (Å²) >= 11 is 0. The average molecular weight is 382 g/mol. The Morgan fingerprint density at radius 3 is 2.25 bits per heavy atom. The fraction of sp³-hybridized carbons (Fsp3) is 0.417. The standard InChI is InChI=1S/C24H31NO3/c1-20(2)17-23(15-10-16-27-3)25(26)24(22-13-8-5-9-14-22)19-28-18-21-11-6-4-7-12-21/h4-9,11-14,20,23-24,26H,16-19H2,1-3H3/t23-,24-/m1/s1. The van der Waals surface area contributed by atoms with E-state index in [1.807, 2.05) is 60.7 Å². The van der Waals surface area contributed by atoms with Gasteiger partial charge in [-0.05, 0) is 23.5 Å². The monoisotopic (exact) mass is 381 g/mol. The highest BCUT2D eigenvalue weighted by molar-refractivity contribution is 5.20. The Morgan fingerprint density at radius 1 is 1.00 bits per heavy atom. The van der Waals surface area contributed by atoms with E-state index in [9.17, 15) is 5.21 Å². The first-order chi connectivity index (χ1) is 13.6. The molecule has 0 unspecified atom stereocenters. The Kier molecular flexibility index (Phi) is 9.74. The van der Waals surface area contributed by atoms with Gasteiger partial charge in [-0.25, -0.2) is 0 Å². The van der Waals surface area contributed by atoms with Crippen LogP contribution in [0.15, 0.2) is 60.7 Å². The summed E-state index contributed by atoms with van der Waals surface area (Å²) in [6.07, 6.45) is 0.759. The zero-order chi connectivity index (χ0) is 20.2. The molecule has 0 heterocycles. The quantitative estimate of drug-likeness (QED) is 0.478. The molecule has 150 valence electrons. The molecule has 0 aliphatic heterocycles. The highest BCUT2D eigenvalue weighted by atomic mass is 16.5. The van der Waals surface area contributed by atoms with Crippen molar-refractivity contribution in [2.75, 3.05) is 20.3 Å². The van der Waals surface area contributed by atoms with E-state index in [0.29, 0.717) is 25.7 Å². The molecule has 2 atom stereocenters. The maximum atomic E-state index is 11.1. The van der Waals surface area contributed by atoms with Gasteiger partial charge in [-0.15, -0.1) is 0 Å². The van der Waals surface area contributed by atoms with Gasteiger partial charge < -0.3 is 14.7 Å². The predicted octanol–water partition coefficient (Wildman–Crippen LogP) is 4.70. The summed E-state index contributed by atoms with van der Waals surface area (Å²) in [4.78, 5) is 0. The Hall–Kier alpha value is -2.16. The molecule has 28 heavy (non-hydrogen) atoms. The molecule has 0 aromatic heterocycles. The molecule has 0 radical (unpaired) electrons. The van der Waals surface area contributed by atoms with Crippen molar-refractivity contribution in [3.8, 4) is 11.8 Å². The number of rotatable bonds is 10. The Labute approximate surface area is 169 Å². The van der Waals surface area contributed by atoms with E-state index in [-0.39, 0.29) is 12.1 Å². The molecular weight excluding hydrogens is 350 g/mol. The van der Waals surface area contributed by atoms with Crippen molar-refractivity contribution < 1.29 is 14.7 Å². The van der Waals surface area contributed by atoms with Gasteiger partial charge in [0.1, 0.15) is 6.61 Å². The van der Waals surface area contributed by atoms with E-state index in [1.54, 1.807) is 7.11 Å². The van der Waals surface area contributed by atoms with E-state index in [4.69, 9.17) is 9.47 Å². The van der Waals surface area contributed by atoms with E-state index in [0.717, 1.165) is 17.5 Å². The van der Waals surface area contributed by atoms with Gasteiger partial charge in [-0.2, -0.15) is 5.06 Å². The van der Waals surface area contributed by atoms with Gasteiger partial charge in [-0.1, -0.05) is 86.4 Å². The maximum Gasteiger partial charge on any atom is 0.107 e. The van der Waals surface area contributed by atoms with Crippen LogP contribution in [0.2, 0.25) is 0 Å². The Bertz CT molecular complexity index is 722. The lowest BCUT2D eigenvalue weighted by Crippen LogP contribution is -2.38. The maximum absolute atomic E-state index is 11.1. The second kappa shape index (κ2) is 12.3. The van der Waals surface area contributed by atoms with Gasteiger partial charge in [0.2, 0.25) is 0 Å². The summed E-state index contributed by atoms with van der Waals surface area (Å²) in [6, 6.07) is 19.4.